The van der Waals surface area contributed by atoms with Gasteiger partial charge in [-0.3, -0.25) is 0 Å². The van der Waals surface area contributed by atoms with Gasteiger partial charge >= 0.3 is 0 Å². The second-order valence-electron chi connectivity index (χ2n) is 4.44. The van der Waals surface area contributed by atoms with Gasteiger partial charge in [-0.1, -0.05) is 11.6 Å². The molecule has 4 nitrogen and oxygen atoms in total. The van der Waals surface area contributed by atoms with Gasteiger partial charge < -0.3 is 10.1 Å². The van der Waals surface area contributed by atoms with E-state index in [0.29, 0.717) is 17.2 Å². The lowest BCUT2D eigenvalue weighted by atomic mass is 10.1. The predicted molar refractivity (Wildman–Crippen MR) is 73.3 cm³/mol. The molecule has 0 radical (unpaired) electrons. The van der Waals surface area contributed by atoms with Gasteiger partial charge in [0.1, 0.15) is 5.75 Å². The minimum Gasteiger partial charge on any atom is -0.497 e. The van der Waals surface area contributed by atoms with E-state index in [1.165, 1.54) is 0 Å². The molecule has 1 aromatic carbocycles. The lowest BCUT2D eigenvalue weighted by Gasteiger charge is -2.24. The van der Waals surface area contributed by atoms with Gasteiger partial charge in [0.25, 0.3) is 0 Å². The van der Waals surface area contributed by atoms with Crippen LogP contribution < -0.4 is 10.1 Å². The molecule has 1 heterocycles. The monoisotopic (exact) mass is 289 g/mol. The van der Waals surface area contributed by atoms with E-state index in [9.17, 15) is 8.42 Å². The zero-order valence-corrected chi connectivity index (χ0v) is 11.7. The molecule has 0 aromatic heterocycles. The summed E-state index contributed by atoms with van der Waals surface area (Å²) in [7, 11) is -1.34. The number of hydrogen-bond acceptors (Lipinski definition) is 4. The van der Waals surface area contributed by atoms with E-state index in [4.69, 9.17) is 16.3 Å². The van der Waals surface area contributed by atoms with Crippen molar-refractivity contribution in [1.29, 1.82) is 0 Å². The molecule has 1 aromatic rings. The van der Waals surface area contributed by atoms with Crippen molar-refractivity contribution in [2.45, 2.75) is 18.9 Å². The number of rotatable bonds is 3. The van der Waals surface area contributed by atoms with Gasteiger partial charge in [0, 0.05) is 12.1 Å². The fourth-order valence-corrected chi connectivity index (χ4v) is 3.91. The first-order valence-electron chi connectivity index (χ1n) is 5.81. The van der Waals surface area contributed by atoms with E-state index in [1.807, 2.05) is 0 Å². The molecule has 0 saturated carbocycles. The van der Waals surface area contributed by atoms with Gasteiger partial charge in [-0.05, 0) is 25.0 Å². The first kappa shape index (κ1) is 13.5. The zero-order chi connectivity index (χ0) is 13.2. The molecule has 1 aliphatic rings. The molecule has 1 N–H and O–H groups in total. The summed E-state index contributed by atoms with van der Waals surface area (Å²) in [6, 6.07) is 5.21. The predicted octanol–water partition coefficient (Wildman–Crippen LogP) is 2.34. The summed E-state index contributed by atoms with van der Waals surface area (Å²) in [5.41, 5.74) is 0.720. The van der Waals surface area contributed by atoms with Crippen LogP contribution in [-0.4, -0.2) is 33.1 Å². The maximum atomic E-state index is 11.6. The van der Waals surface area contributed by atoms with Crippen LogP contribution >= 0.6 is 11.6 Å². The Kier molecular flexibility index (Phi) is 4.02. The van der Waals surface area contributed by atoms with Crippen LogP contribution in [0.5, 0.6) is 5.75 Å². The van der Waals surface area contributed by atoms with E-state index < -0.39 is 9.84 Å². The Morgan fingerprint density at radius 1 is 1.44 bits per heavy atom. The van der Waals surface area contributed by atoms with Crippen molar-refractivity contribution in [2.24, 2.45) is 0 Å². The van der Waals surface area contributed by atoms with Gasteiger partial charge in [0.15, 0.2) is 9.84 Å². The van der Waals surface area contributed by atoms with Crippen molar-refractivity contribution in [2.75, 3.05) is 23.9 Å². The van der Waals surface area contributed by atoms with Crippen LogP contribution in [0, 0.1) is 0 Å². The summed E-state index contributed by atoms with van der Waals surface area (Å²) in [6.07, 6.45) is 1.54. The summed E-state index contributed by atoms with van der Waals surface area (Å²) in [5.74, 6) is 1.15. The summed E-state index contributed by atoms with van der Waals surface area (Å²) < 4.78 is 28.2. The number of ether oxygens (including phenoxy) is 1. The van der Waals surface area contributed by atoms with Crippen LogP contribution in [0.2, 0.25) is 5.02 Å². The molecular formula is C12H16ClNO3S. The van der Waals surface area contributed by atoms with Crippen molar-refractivity contribution in [3.05, 3.63) is 23.2 Å². The average Bonchev–Trinajstić information content (AvgIpc) is 2.31. The molecule has 100 valence electrons. The molecule has 0 amide bonds. The fraction of sp³-hybridized carbons (Fsp3) is 0.500. The Labute approximate surface area is 112 Å². The normalized spacial score (nSPS) is 22.4. The van der Waals surface area contributed by atoms with E-state index in [-0.39, 0.29) is 17.5 Å². The second-order valence-corrected chi connectivity index (χ2v) is 7.08. The zero-order valence-electron chi connectivity index (χ0n) is 10.1. The number of anilines is 1. The third-order valence-electron chi connectivity index (χ3n) is 3.00. The molecule has 0 spiro atoms. The quantitative estimate of drug-likeness (QED) is 0.928. The standard InChI is InChI=1S/C12H16ClNO3S/c1-17-10-4-5-11(13)12(7-10)14-9-3-2-6-18(15,16)8-9/h4-5,7,9,14H,2-3,6,8H2,1H3. The Morgan fingerprint density at radius 3 is 2.89 bits per heavy atom. The Hall–Kier alpha value is -0.940. The summed E-state index contributed by atoms with van der Waals surface area (Å²) >= 11 is 6.08. The van der Waals surface area contributed by atoms with Gasteiger partial charge in [0.2, 0.25) is 0 Å². The van der Waals surface area contributed by atoms with Gasteiger partial charge in [-0.2, -0.15) is 0 Å². The molecule has 6 heteroatoms. The van der Waals surface area contributed by atoms with Crippen molar-refractivity contribution in [3.63, 3.8) is 0 Å². The van der Waals surface area contributed by atoms with Crippen molar-refractivity contribution in [1.82, 2.24) is 0 Å². The molecule has 0 bridgehead atoms. The minimum absolute atomic E-state index is 0.0756. The third-order valence-corrected chi connectivity index (χ3v) is 5.15. The number of sulfone groups is 1. The van der Waals surface area contributed by atoms with Crippen LogP contribution in [0.3, 0.4) is 0 Å². The first-order valence-corrected chi connectivity index (χ1v) is 8.00. The summed E-state index contributed by atoms with van der Waals surface area (Å²) in [6.45, 7) is 0. The second kappa shape index (κ2) is 5.36. The molecular weight excluding hydrogens is 274 g/mol. The molecule has 0 aliphatic carbocycles. The summed E-state index contributed by atoms with van der Waals surface area (Å²) in [5, 5.41) is 3.76. The van der Waals surface area contributed by atoms with E-state index >= 15 is 0 Å². The number of nitrogens with one attached hydrogen (secondary N) is 1. The minimum atomic E-state index is -2.92. The molecule has 1 saturated heterocycles. The van der Waals surface area contributed by atoms with Crippen LogP contribution in [0.1, 0.15) is 12.8 Å². The molecule has 1 aliphatic heterocycles. The van der Waals surface area contributed by atoms with E-state index in [2.05, 4.69) is 5.32 Å². The molecule has 1 atom stereocenters. The van der Waals surface area contributed by atoms with Crippen LogP contribution in [0.15, 0.2) is 18.2 Å². The Balaban J connectivity index is 2.13. The molecule has 1 fully saturated rings. The number of hydrogen-bond donors (Lipinski definition) is 1. The van der Waals surface area contributed by atoms with Crippen LogP contribution in [0.4, 0.5) is 5.69 Å². The fourth-order valence-electron chi connectivity index (χ4n) is 2.10. The number of methoxy groups -OCH3 is 1. The number of benzene rings is 1. The van der Waals surface area contributed by atoms with Crippen LogP contribution in [-0.2, 0) is 9.84 Å². The average molecular weight is 290 g/mol. The van der Waals surface area contributed by atoms with Crippen molar-refractivity contribution < 1.29 is 13.2 Å². The van der Waals surface area contributed by atoms with Gasteiger partial charge in [-0.15, -0.1) is 0 Å². The summed E-state index contributed by atoms with van der Waals surface area (Å²) in [4.78, 5) is 0. The maximum Gasteiger partial charge on any atom is 0.152 e. The Bertz CT molecular complexity index is 530. The van der Waals surface area contributed by atoms with Crippen LogP contribution in [0.25, 0.3) is 0 Å². The maximum absolute atomic E-state index is 11.6. The van der Waals surface area contributed by atoms with Gasteiger partial charge in [-0.25, -0.2) is 8.42 Å². The highest BCUT2D eigenvalue weighted by Crippen LogP contribution is 2.28. The first-order chi connectivity index (χ1) is 8.50. The molecule has 1 unspecified atom stereocenters. The SMILES string of the molecule is COc1ccc(Cl)c(NC2CCCS(=O)(=O)C2)c1. The highest BCUT2D eigenvalue weighted by molar-refractivity contribution is 7.91. The highest BCUT2D eigenvalue weighted by Gasteiger charge is 2.25. The van der Waals surface area contributed by atoms with E-state index in [1.54, 1.807) is 25.3 Å². The van der Waals surface area contributed by atoms with Crippen molar-refractivity contribution >= 4 is 27.1 Å². The number of halogens is 1. The highest BCUT2D eigenvalue weighted by atomic mass is 35.5. The smallest absolute Gasteiger partial charge is 0.152 e. The lowest BCUT2D eigenvalue weighted by Crippen LogP contribution is -2.34. The Morgan fingerprint density at radius 2 is 2.22 bits per heavy atom. The largest absolute Gasteiger partial charge is 0.497 e. The molecule has 18 heavy (non-hydrogen) atoms. The van der Waals surface area contributed by atoms with Crippen molar-refractivity contribution in [3.8, 4) is 5.75 Å². The third kappa shape index (κ3) is 3.29. The van der Waals surface area contributed by atoms with E-state index in [0.717, 1.165) is 12.1 Å². The van der Waals surface area contributed by atoms with Gasteiger partial charge in [0.05, 0.1) is 29.3 Å². The topological polar surface area (TPSA) is 55.4 Å². The lowest BCUT2D eigenvalue weighted by molar-refractivity contribution is 0.415. The molecule has 2 rings (SSSR count).